The fourth-order valence-electron chi connectivity index (χ4n) is 1.37. The molecule has 0 amide bonds. The van der Waals surface area contributed by atoms with Gasteiger partial charge in [0.05, 0.1) is 11.1 Å². The van der Waals surface area contributed by atoms with Crippen molar-refractivity contribution in [3.63, 3.8) is 0 Å². The molecule has 0 aromatic carbocycles. The summed E-state index contributed by atoms with van der Waals surface area (Å²) in [5.74, 6) is 0. The number of rotatable bonds is 2. The Kier molecular flexibility index (Phi) is 3.13. The van der Waals surface area contributed by atoms with Gasteiger partial charge in [-0.15, -0.1) is 11.3 Å². The zero-order valence-corrected chi connectivity index (χ0v) is 9.95. The van der Waals surface area contributed by atoms with Crippen LogP contribution in [-0.2, 0) is 6.42 Å². The van der Waals surface area contributed by atoms with Gasteiger partial charge < -0.3 is 0 Å². The maximum absolute atomic E-state index is 8.87. The summed E-state index contributed by atoms with van der Waals surface area (Å²) in [6.07, 6.45) is 2.50. The summed E-state index contributed by atoms with van der Waals surface area (Å²) in [5.41, 5.74) is 0.796. The molecule has 0 aliphatic carbocycles. The van der Waals surface area contributed by atoms with E-state index in [2.05, 4.69) is 16.9 Å². The summed E-state index contributed by atoms with van der Waals surface area (Å²) in [6, 6.07) is 7.73. The van der Waals surface area contributed by atoms with Crippen LogP contribution >= 0.6 is 11.3 Å². The first kappa shape index (κ1) is 11.3. The van der Waals surface area contributed by atoms with E-state index in [0.29, 0.717) is 5.69 Å². The van der Waals surface area contributed by atoms with Crippen LogP contribution in [0.1, 0.15) is 23.2 Å². The second-order valence-corrected chi connectivity index (χ2v) is 4.46. The monoisotopic (exact) mass is 240 g/mol. The number of aromatic nitrogens is 2. The lowest BCUT2D eigenvalue weighted by atomic mass is 10.3. The second-order valence-electron chi connectivity index (χ2n) is 3.30. The number of hydrogen-bond acceptors (Lipinski definition) is 5. The van der Waals surface area contributed by atoms with E-state index in [1.165, 1.54) is 11.1 Å². The molecule has 17 heavy (non-hydrogen) atoms. The Balaban J connectivity index is 2.48. The molecule has 0 saturated carbocycles. The standard InChI is InChI=1S/C12H8N4S/c1-2-8-3-4-12(17-8)11-7-15-9(5-13)10(6-14)16-11/h3-4,7H,2H2,1H3. The zero-order chi connectivity index (χ0) is 12.3. The molecular weight excluding hydrogens is 232 g/mol. The molecule has 0 atom stereocenters. The van der Waals surface area contributed by atoms with Crippen LogP contribution in [0.5, 0.6) is 0 Å². The normalized spacial score (nSPS) is 9.59. The number of nitrogens with zero attached hydrogens (tertiary/aromatic N) is 4. The predicted octanol–water partition coefficient (Wildman–Crippen LogP) is 2.51. The summed E-state index contributed by atoms with van der Waals surface area (Å²) in [6.45, 7) is 2.08. The van der Waals surface area contributed by atoms with Gasteiger partial charge >= 0.3 is 0 Å². The third-order valence-electron chi connectivity index (χ3n) is 2.25. The summed E-state index contributed by atoms with van der Waals surface area (Å²) in [7, 11) is 0. The van der Waals surface area contributed by atoms with E-state index in [1.54, 1.807) is 11.3 Å². The Morgan fingerprint density at radius 3 is 2.59 bits per heavy atom. The molecule has 4 nitrogen and oxygen atoms in total. The van der Waals surface area contributed by atoms with Gasteiger partial charge in [-0.3, -0.25) is 0 Å². The molecule has 2 heterocycles. The average Bonchev–Trinajstić information content (AvgIpc) is 2.86. The Labute approximate surface area is 103 Å². The largest absolute Gasteiger partial charge is 0.240 e. The summed E-state index contributed by atoms with van der Waals surface area (Å²) in [4.78, 5) is 10.3. The van der Waals surface area contributed by atoms with Gasteiger partial charge in [0.15, 0.2) is 11.4 Å². The van der Waals surface area contributed by atoms with Gasteiger partial charge in [0, 0.05) is 4.88 Å². The Morgan fingerprint density at radius 1 is 1.24 bits per heavy atom. The van der Waals surface area contributed by atoms with Crippen LogP contribution in [0.15, 0.2) is 18.3 Å². The Hall–Kier alpha value is -2.24. The highest BCUT2D eigenvalue weighted by Gasteiger charge is 2.09. The maximum atomic E-state index is 8.87. The van der Waals surface area contributed by atoms with Gasteiger partial charge in [-0.2, -0.15) is 10.5 Å². The zero-order valence-electron chi connectivity index (χ0n) is 9.14. The Morgan fingerprint density at radius 2 is 2.00 bits per heavy atom. The third-order valence-corrected chi connectivity index (χ3v) is 3.50. The van der Waals surface area contributed by atoms with Gasteiger partial charge in [0.1, 0.15) is 17.8 Å². The summed E-state index contributed by atoms with van der Waals surface area (Å²) in [5, 5.41) is 17.6. The van der Waals surface area contributed by atoms with Crippen LogP contribution in [0.25, 0.3) is 10.6 Å². The Bertz CT molecular complexity index is 631. The minimum absolute atomic E-state index is 0.0727. The SMILES string of the molecule is CCc1ccc(-c2cnc(C#N)c(C#N)n2)s1. The van der Waals surface area contributed by atoms with Crippen LogP contribution in [-0.4, -0.2) is 9.97 Å². The molecule has 0 saturated heterocycles. The first-order valence-corrected chi connectivity index (χ1v) is 5.86. The van der Waals surface area contributed by atoms with Crippen molar-refractivity contribution in [1.82, 2.24) is 9.97 Å². The molecule has 2 aromatic heterocycles. The highest BCUT2D eigenvalue weighted by atomic mass is 32.1. The lowest BCUT2D eigenvalue weighted by Gasteiger charge is -1.97. The van der Waals surface area contributed by atoms with Gasteiger partial charge in [-0.05, 0) is 18.6 Å². The van der Waals surface area contributed by atoms with Crippen molar-refractivity contribution in [2.75, 3.05) is 0 Å². The number of hydrogen-bond donors (Lipinski definition) is 0. The molecule has 0 N–H and O–H groups in total. The van der Waals surface area contributed by atoms with E-state index in [4.69, 9.17) is 10.5 Å². The highest BCUT2D eigenvalue weighted by Crippen LogP contribution is 2.26. The quantitative estimate of drug-likeness (QED) is 0.808. The number of thiophene rings is 1. The van der Waals surface area contributed by atoms with Crippen LogP contribution < -0.4 is 0 Å². The fourth-order valence-corrected chi connectivity index (χ4v) is 2.28. The number of nitriles is 2. The van der Waals surface area contributed by atoms with E-state index in [1.807, 2.05) is 24.3 Å². The molecule has 0 fully saturated rings. The van der Waals surface area contributed by atoms with Gasteiger partial charge in [0.2, 0.25) is 0 Å². The molecule has 0 aliphatic rings. The second kappa shape index (κ2) is 4.73. The maximum Gasteiger partial charge on any atom is 0.177 e. The molecule has 0 radical (unpaired) electrons. The molecule has 0 spiro atoms. The molecule has 2 aromatic rings. The molecule has 2 rings (SSSR count). The topological polar surface area (TPSA) is 73.4 Å². The molecular formula is C12H8N4S. The van der Waals surface area contributed by atoms with E-state index in [9.17, 15) is 0 Å². The van der Waals surface area contributed by atoms with E-state index < -0.39 is 0 Å². The molecule has 0 bridgehead atoms. The van der Waals surface area contributed by atoms with E-state index in [-0.39, 0.29) is 11.4 Å². The first-order valence-electron chi connectivity index (χ1n) is 5.04. The van der Waals surface area contributed by atoms with Crippen molar-refractivity contribution in [2.45, 2.75) is 13.3 Å². The van der Waals surface area contributed by atoms with Crippen molar-refractivity contribution >= 4 is 11.3 Å². The fraction of sp³-hybridized carbons (Fsp3) is 0.167. The van der Waals surface area contributed by atoms with Gasteiger partial charge in [0.25, 0.3) is 0 Å². The molecule has 0 unspecified atom stereocenters. The van der Waals surface area contributed by atoms with Crippen molar-refractivity contribution in [1.29, 1.82) is 10.5 Å². The van der Waals surface area contributed by atoms with Crippen LogP contribution in [0.4, 0.5) is 0 Å². The minimum Gasteiger partial charge on any atom is -0.240 e. The summed E-state index contributed by atoms with van der Waals surface area (Å²) < 4.78 is 0. The average molecular weight is 240 g/mol. The minimum atomic E-state index is 0.0727. The lowest BCUT2D eigenvalue weighted by Crippen LogP contribution is -1.94. The van der Waals surface area contributed by atoms with Crippen LogP contribution in [0.3, 0.4) is 0 Å². The van der Waals surface area contributed by atoms with Crippen LogP contribution in [0.2, 0.25) is 0 Å². The van der Waals surface area contributed by atoms with Crippen molar-refractivity contribution in [3.05, 3.63) is 34.6 Å². The van der Waals surface area contributed by atoms with Gasteiger partial charge in [-0.1, -0.05) is 6.92 Å². The first-order chi connectivity index (χ1) is 8.28. The van der Waals surface area contributed by atoms with Crippen molar-refractivity contribution < 1.29 is 0 Å². The number of aryl methyl sites for hydroxylation is 1. The van der Waals surface area contributed by atoms with E-state index in [0.717, 1.165) is 11.3 Å². The molecule has 0 aliphatic heterocycles. The van der Waals surface area contributed by atoms with E-state index >= 15 is 0 Å². The smallest absolute Gasteiger partial charge is 0.177 e. The molecule has 82 valence electrons. The molecule has 5 heteroatoms. The highest BCUT2D eigenvalue weighted by molar-refractivity contribution is 7.15. The van der Waals surface area contributed by atoms with Crippen LogP contribution in [0, 0.1) is 22.7 Å². The van der Waals surface area contributed by atoms with Crippen molar-refractivity contribution in [2.24, 2.45) is 0 Å². The lowest BCUT2D eigenvalue weighted by molar-refractivity contribution is 1.14. The van der Waals surface area contributed by atoms with Crippen molar-refractivity contribution in [3.8, 4) is 22.7 Å². The predicted molar refractivity (Wildman–Crippen MR) is 64.2 cm³/mol. The van der Waals surface area contributed by atoms with Gasteiger partial charge in [-0.25, -0.2) is 9.97 Å². The third kappa shape index (κ3) is 2.15. The summed E-state index contributed by atoms with van der Waals surface area (Å²) >= 11 is 1.62.